The van der Waals surface area contributed by atoms with Crippen LogP contribution in [-0.4, -0.2) is 34.5 Å². The fourth-order valence-corrected chi connectivity index (χ4v) is 3.29. The molecule has 0 aliphatic carbocycles. The summed E-state index contributed by atoms with van der Waals surface area (Å²) < 4.78 is 43.4. The van der Waals surface area contributed by atoms with Gasteiger partial charge in [0.25, 0.3) is 0 Å². The van der Waals surface area contributed by atoms with E-state index in [4.69, 9.17) is 0 Å². The number of alkyl halides is 3. The van der Waals surface area contributed by atoms with Gasteiger partial charge in [-0.2, -0.15) is 0 Å². The minimum Gasteiger partial charge on any atom is -0.406 e. The lowest BCUT2D eigenvalue weighted by Gasteiger charge is -2.11. The number of nitrogens with zero attached hydrogens (tertiary/aromatic N) is 2. The van der Waals surface area contributed by atoms with Crippen molar-refractivity contribution < 1.29 is 27.5 Å². The van der Waals surface area contributed by atoms with Gasteiger partial charge in [-0.15, -0.1) is 18.3 Å². The maximum atomic E-state index is 12.6. The number of carbonyl (C=O) groups excluding carboxylic acids is 2. The summed E-state index contributed by atoms with van der Waals surface area (Å²) in [6.45, 7) is 0.244. The van der Waals surface area contributed by atoms with Crippen LogP contribution in [0.5, 0.6) is 5.75 Å². The van der Waals surface area contributed by atoms with Gasteiger partial charge in [-0.1, -0.05) is 30.3 Å². The maximum Gasteiger partial charge on any atom is 0.573 e. The van der Waals surface area contributed by atoms with Crippen molar-refractivity contribution in [3.05, 3.63) is 60.7 Å². The maximum absolute atomic E-state index is 12.6. The number of carbonyl (C=O) groups is 2. The standard InChI is InChI=1S/C21H17F3N4O3/c22-21(23,24)31-16-8-4-5-13(9-16)17-11-18(26-20(30)14-10-19(29)25-12-14)27-28(17)15-6-2-1-3-7-15/h1-9,11,14H,10,12H2,(H,25,29)(H,26,27,30)/t14-/m1/s1. The third-order valence-electron chi connectivity index (χ3n) is 4.67. The lowest BCUT2D eigenvalue weighted by molar-refractivity contribution is -0.274. The molecule has 1 atom stereocenters. The number of ether oxygens (including phenoxy) is 1. The number of para-hydroxylation sites is 1. The first-order chi connectivity index (χ1) is 14.8. The number of nitrogens with one attached hydrogen (secondary N) is 2. The molecular weight excluding hydrogens is 413 g/mol. The molecule has 1 aliphatic heterocycles. The van der Waals surface area contributed by atoms with Gasteiger partial charge in [0.2, 0.25) is 11.8 Å². The molecule has 7 nitrogen and oxygen atoms in total. The Hall–Kier alpha value is -3.82. The molecule has 0 unspecified atom stereocenters. The van der Waals surface area contributed by atoms with Crippen LogP contribution in [0.1, 0.15) is 6.42 Å². The summed E-state index contributed by atoms with van der Waals surface area (Å²) in [5.74, 6) is -1.23. The Morgan fingerprint density at radius 2 is 1.90 bits per heavy atom. The van der Waals surface area contributed by atoms with Gasteiger partial charge >= 0.3 is 6.36 Å². The molecule has 2 N–H and O–H groups in total. The Bertz CT molecular complexity index is 1110. The predicted octanol–water partition coefficient (Wildman–Crippen LogP) is 3.51. The highest BCUT2D eigenvalue weighted by molar-refractivity contribution is 5.97. The van der Waals surface area contributed by atoms with Crippen LogP contribution in [0.2, 0.25) is 0 Å². The third-order valence-corrected chi connectivity index (χ3v) is 4.67. The largest absolute Gasteiger partial charge is 0.573 e. The van der Waals surface area contributed by atoms with Crippen LogP contribution in [0.25, 0.3) is 16.9 Å². The fraction of sp³-hybridized carbons (Fsp3) is 0.190. The molecule has 3 aromatic rings. The van der Waals surface area contributed by atoms with E-state index in [1.807, 2.05) is 6.07 Å². The zero-order valence-electron chi connectivity index (χ0n) is 16.0. The first-order valence-corrected chi connectivity index (χ1v) is 9.38. The monoisotopic (exact) mass is 430 g/mol. The summed E-state index contributed by atoms with van der Waals surface area (Å²) in [5, 5.41) is 9.69. The number of hydrogen-bond donors (Lipinski definition) is 2. The molecule has 2 aromatic carbocycles. The number of rotatable bonds is 5. The summed E-state index contributed by atoms with van der Waals surface area (Å²) in [6, 6.07) is 16.0. The summed E-state index contributed by atoms with van der Waals surface area (Å²) in [7, 11) is 0. The third kappa shape index (κ3) is 4.85. The molecule has 0 bridgehead atoms. The Kier molecular flexibility index (Phi) is 5.37. The minimum absolute atomic E-state index is 0.0922. The van der Waals surface area contributed by atoms with E-state index in [-0.39, 0.29) is 36.3 Å². The number of halogens is 3. The summed E-state index contributed by atoms with van der Waals surface area (Å²) in [5.41, 5.74) is 1.52. The van der Waals surface area contributed by atoms with Crippen molar-refractivity contribution in [1.29, 1.82) is 0 Å². The Morgan fingerprint density at radius 3 is 2.58 bits per heavy atom. The van der Waals surface area contributed by atoms with Crippen LogP contribution in [0.4, 0.5) is 19.0 Å². The second kappa shape index (κ2) is 8.13. The van der Waals surface area contributed by atoms with E-state index < -0.39 is 12.3 Å². The highest BCUT2D eigenvalue weighted by atomic mass is 19.4. The Labute approximate surface area is 174 Å². The summed E-state index contributed by atoms with van der Waals surface area (Å²) in [4.78, 5) is 23.8. The van der Waals surface area contributed by atoms with Crippen molar-refractivity contribution in [3.63, 3.8) is 0 Å². The van der Waals surface area contributed by atoms with Crippen molar-refractivity contribution >= 4 is 17.6 Å². The molecule has 31 heavy (non-hydrogen) atoms. The molecule has 160 valence electrons. The minimum atomic E-state index is -4.82. The summed E-state index contributed by atoms with van der Waals surface area (Å²) >= 11 is 0. The number of benzene rings is 2. The molecule has 1 aromatic heterocycles. The molecule has 4 rings (SSSR count). The number of hydrogen-bond acceptors (Lipinski definition) is 4. The average Bonchev–Trinajstić information content (AvgIpc) is 3.34. The number of aromatic nitrogens is 2. The van der Waals surface area contributed by atoms with E-state index in [1.54, 1.807) is 36.4 Å². The van der Waals surface area contributed by atoms with E-state index in [9.17, 15) is 22.8 Å². The molecule has 0 saturated carbocycles. The number of amides is 2. The predicted molar refractivity (Wildman–Crippen MR) is 105 cm³/mol. The van der Waals surface area contributed by atoms with Crippen molar-refractivity contribution in [3.8, 4) is 22.7 Å². The molecule has 0 radical (unpaired) electrons. The van der Waals surface area contributed by atoms with Gasteiger partial charge in [0, 0.05) is 24.6 Å². The van der Waals surface area contributed by atoms with Gasteiger partial charge in [-0.25, -0.2) is 4.68 Å². The van der Waals surface area contributed by atoms with Crippen molar-refractivity contribution in [1.82, 2.24) is 15.1 Å². The average molecular weight is 430 g/mol. The van der Waals surface area contributed by atoms with Gasteiger partial charge in [-0.3, -0.25) is 9.59 Å². The molecule has 1 fully saturated rings. The highest BCUT2D eigenvalue weighted by Gasteiger charge is 2.31. The van der Waals surface area contributed by atoms with Crippen molar-refractivity contribution in [2.75, 3.05) is 11.9 Å². The van der Waals surface area contributed by atoms with Crippen LogP contribution in [0.15, 0.2) is 60.7 Å². The van der Waals surface area contributed by atoms with Gasteiger partial charge in [0.1, 0.15) is 5.75 Å². The van der Waals surface area contributed by atoms with E-state index in [2.05, 4.69) is 20.5 Å². The van der Waals surface area contributed by atoms with E-state index in [0.29, 0.717) is 16.9 Å². The van der Waals surface area contributed by atoms with Crippen LogP contribution in [0.3, 0.4) is 0 Å². The molecule has 1 saturated heterocycles. The Balaban J connectivity index is 1.69. The quantitative estimate of drug-likeness (QED) is 0.649. The van der Waals surface area contributed by atoms with Crippen LogP contribution >= 0.6 is 0 Å². The molecule has 1 aliphatic rings. The second-order valence-electron chi connectivity index (χ2n) is 6.93. The second-order valence-corrected chi connectivity index (χ2v) is 6.93. The van der Waals surface area contributed by atoms with Crippen LogP contribution in [0, 0.1) is 5.92 Å². The highest BCUT2D eigenvalue weighted by Crippen LogP contribution is 2.31. The van der Waals surface area contributed by atoms with Crippen LogP contribution in [-0.2, 0) is 9.59 Å². The van der Waals surface area contributed by atoms with Crippen molar-refractivity contribution in [2.45, 2.75) is 12.8 Å². The zero-order valence-corrected chi connectivity index (χ0v) is 16.0. The van der Waals surface area contributed by atoms with Gasteiger partial charge in [-0.05, 0) is 24.3 Å². The molecular formula is C21H17F3N4O3. The lowest BCUT2D eigenvalue weighted by Crippen LogP contribution is -2.24. The van der Waals surface area contributed by atoms with Crippen molar-refractivity contribution in [2.24, 2.45) is 5.92 Å². The topological polar surface area (TPSA) is 85.2 Å². The van der Waals surface area contributed by atoms with E-state index >= 15 is 0 Å². The van der Waals surface area contributed by atoms with Gasteiger partial charge in [0.15, 0.2) is 5.82 Å². The Morgan fingerprint density at radius 1 is 1.13 bits per heavy atom. The number of anilines is 1. The molecule has 10 heteroatoms. The first kappa shape index (κ1) is 20.5. The lowest BCUT2D eigenvalue weighted by atomic mass is 10.1. The molecule has 0 spiro atoms. The van der Waals surface area contributed by atoms with E-state index in [0.717, 1.165) is 0 Å². The zero-order chi connectivity index (χ0) is 22.0. The normalized spacial score (nSPS) is 16.1. The summed E-state index contributed by atoms with van der Waals surface area (Å²) in [6.07, 6.45) is -4.72. The SMILES string of the molecule is O=C1C[C@@H](C(=O)Nc2cc(-c3cccc(OC(F)(F)F)c3)n(-c3ccccc3)n2)CN1. The first-order valence-electron chi connectivity index (χ1n) is 9.38. The van der Waals surface area contributed by atoms with Gasteiger partial charge in [0.05, 0.1) is 17.3 Å². The van der Waals surface area contributed by atoms with E-state index in [1.165, 1.54) is 22.9 Å². The smallest absolute Gasteiger partial charge is 0.406 e. The fourth-order valence-electron chi connectivity index (χ4n) is 3.29. The molecule has 2 heterocycles. The van der Waals surface area contributed by atoms with Gasteiger partial charge < -0.3 is 15.4 Å². The van der Waals surface area contributed by atoms with Crippen LogP contribution < -0.4 is 15.4 Å². The molecule has 2 amide bonds.